The van der Waals surface area contributed by atoms with Crippen molar-refractivity contribution in [2.45, 2.75) is 64.0 Å². The topological polar surface area (TPSA) is 78.5 Å². The van der Waals surface area contributed by atoms with E-state index in [4.69, 9.17) is 0 Å². The number of benzene rings is 1. The molecule has 1 aliphatic carbocycles. The van der Waals surface area contributed by atoms with E-state index in [1.54, 1.807) is 11.9 Å². The molecule has 170 valence electrons. The molecular weight excluding hydrogens is 404 g/mol. The molecule has 1 aromatic rings. The first-order valence-corrected chi connectivity index (χ1v) is 11.1. The normalized spacial score (nSPS) is 23.1. The van der Waals surface area contributed by atoms with Crippen molar-refractivity contribution in [3.8, 4) is 0 Å². The molecule has 2 atom stereocenters. The third-order valence-corrected chi connectivity index (χ3v) is 6.28. The number of nitrogens with one attached hydrogen (secondary N) is 2. The second-order valence-corrected chi connectivity index (χ2v) is 8.79. The lowest BCUT2D eigenvalue weighted by Crippen LogP contribution is -2.45. The fourth-order valence-corrected chi connectivity index (χ4v) is 4.50. The first kappa shape index (κ1) is 23.2. The summed E-state index contributed by atoms with van der Waals surface area (Å²) in [5.74, 6) is -2.24. The van der Waals surface area contributed by atoms with Gasteiger partial charge in [0.15, 0.2) is 0 Å². The average molecular weight is 436 g/mol. The third kappa shape index (κ3) is 6.74. The minimum Gasteiger partial charge on any atom is -0.352 e. The molecule has 1 aliphatic heterocycles. The molecule has 31 heavy (non-hydrogen) atoms. The smallest absolute Gasteiger partial charge is 0.223 e. The molecule has 3 rings (SSSR count). The Morgan fingerprint density at radius 1 is 0.968 bits per heavy atom. The summed E-state index contributed by atoms with van der Waals surface area (Å²) in [7, 11) is 1.69. The molecule has 0 spiro atoms. The van der Waals surface area contributed by atoms with Gasteiger partial charge in [0.2, 0.25) is 17.7 Å². The van der Waals surface area contributed by atoms with Gasteiger partial charge in [-0.15, -0.1) is 0 Å². The van der Waals surface area contributed by atoms with Gasteiger partial charge in [0, 0.05) is 50.5 Å². The average Bonchev–Trinajstić information content (AvgIpc) is 3.26. The number of nitrogens with zero attached hydrogens (tertiary/aromatic N) is 1. The van der Waals surface area contributed by atoms with E-state index in [1.165, 1.54) is 12.1 Å². The zero-order valence-corrected chi connectivity index (χ0v) is 18.0. The number of carbonyl (C=O) groups excluding carboxylic acids is 3. The van der Waals surface area contributed by atoms with Crippen LogP contribution in [0.15, 0.2) is 18.2 Å². The second kappa shape index (κ2) is 10.7. The van der Waals surface area contributed by atoms with Gasteiger partial charge in [0.05, 0.1) is 0 Å². The van der Waals surface area contributed by atoms with Crippen LogP contribution >= 0.6 is 0 Å². The summed E-state index contributed by atoms with van der Waals surface area (Å²) < 4.78 is 26.7. The van der Waals surface area contributed by atoms with Crippen LogP contribution in [0.5, 0.6) is 0 Å². The lowest BCUT2D eigenvalue weighted by molar-refractivity contribution is -0.135. The second-order valence-electron chi connectivity index (χ2n) is 8.79. The quantitative estimate of drug-likeness (QED) is 0.747. The number of hydrogen-bond donors (Lipinski definition) is 2. The molecule has 1 heterocycles. The van der Waals surface area contributed by atoms with Crippen LogP contribution in [0, 0.1) is 23.5 Å². The van der Waals surface area contributed by atoms with Crippen molar-refractivity contribution in [3.05, 3.63) is 35.4 Å². The van der Waals surface area contributed by atoms with Gasteiger partial charge >= 0.3 is 0 Å². The highest BCUT2D eigenvalue weighted by atomic mass is 19.1. The van der Waals surface area contributed by atoms with Crippen LogP contribution in [0.4, 0.5) is 8.78 Å². The summed E-state index contributed by atoms with van der Waals surface area (Å²) in [6.07, 6.45) is 5.98. The van der Waals surface area contributed by atoms with Crippen molar-refractivity contribution in [2.24, 2.45) is 11.8 Å². The van der Waals surface area contributed by atoms with Crippen molar-refractivity contribution in [2.75, 3.05) is 13.6 Å². The summed E-state index contributed by atoms with van der Waals surface area (Å²) in [6, 6.07) is 2.99. The zero-order chi connectivity index (χ0) is 22.4. The third-order valence-electron chi connectivity index (χ3n) is 6.28. The van der Waals surface area contributed by atoms with Gasteiger partial charge in [-0.25, -0.2) is 8.78 Å². The summed E-state index contributed by atoms with van der Waals surface area (Å²) >= 11 is 0. The largest absolute Gasteiger partial charge is 0.352 e. The van der Waals surface area contributed by atoms with Gasteiger partial charge in [0.1, 0.15) is 11.6 Å². The molecule has 3 amide bonds. The predicted octanol–water partition coefficient (Wildman–Crippen LogP) is 2.90. The van der Waals surface area contributed by atoms with Gasteiger partial charge in [0.25, 0.3) is 0 Å². The Labute approximate surface area is 181 Å². The molecule has 0 radical (unpaired) electrons. The Balaban J connectivity index is 1.56. The summed E-state index contributed by atoms with van der Waals surface area (Å²) in [5, 5.41) is 5.80. The maximum atomic E-state index is 13.3. The maximum Gasteiger partial charge on any atom is 0.223 e. The number of hydrogen-bond acceptors (Lipinski definition) is 3. The van der Waals surface area contributed by atoms with Crippen LogP contribution in [-0.4, -0.2) is 42.3 Å². The highest BCUT2D eigenvalue weighted by Gasteiger charge is 2.29. The van der Waals surface area contributed by atoms with E-state index >= 15 is 0 Å². The van der Waals surface area contributed by atoms with Crippen LogP contribution < -0.4 is 10.6 Å². The van der Waals surface area contributed by atoms with Crippen molar-refractivity contribution >= 4 is 17.7 Å². The fraction of sp³-hybridized carbons (Fsp3) is 0.609. The molecule has 6 nitrogen and oxygen atoms in total. The number of amides is 3. The summed E-state index contributed by atoms with van der Waals surface area (Å²) in [5.41, 5.74) is 0.326. The maximum absolute atomic E-state index is 13.3. The Hall–Kier alpha value is -2.51. The lowest BCUT2D eigenvalue weighted by atomic mass is 9.96. The molecular formula is C23H31F2N3O3. The predicted molar refractivity (Wildman–Crippen MR) is 112 cm³/mol. The standard InChI is InChI=1S/C23H31F2N3O3/c1-28-14-20(27-23(31)16-5-2-3-6-16)8-4-7-17(11-21(28)29)22(30)26-13-15-9-18(24)12-19(25)10-15/h9-10,12,16-17,20H,2-8,11,13-14H2,1H3,(H,26,30)(H,27,31). The fourth-order valence-electron chi connectivity index (χ4n) is 4.50. The van der Waals surface area contributed by atoms with Gasteiger partial charge in [-0.2, -0.15) is 0 Å². The molecule has 8 heteroatoms. The van der Waals surface area contributed by atoms with Crippen LogP contribution in [0.3, 0.4) is 0 Å². The van der Waals surface area contributed by atoms with E-state index < -0.39 is 17.6 Å². The molecule has 0 bridgehead atoms. The number of likely N-dealkylation sites (N-methyl/N-ethyl adjacent to an activating group) is 1. The molecule has 1 saturated carbocycles. The Morgan fingerprint density at radius 2 is 1.61 bits per heavy atom. The van der Waals surface area contributed by atoms with Crippen molar-refractivity contribution in [3.63, 3.8) is 0 Å². The number of rotatable bonds is 5. The van der Waals surface area contributed by atoms with Crippen molar-refractivity contribution in [1.82, 2.24) is 15.5 Å². The first-order chi connectivity index (χ1) is 14.8. The Kier molecular flexibility index (Phi) is 7.98. The summed E-state index contributed by atoms with van der Waals surface area (Å²) in [6.45, 7) is 0.419. The van der Waals surface area contributed by atoms with E-state index in [-0.39, 0.29) is 42.6 Å². The highest BCUT2D eigenvalue weighted by Crippen LogP contribution is 2.25. The molecule has 2 aliphatic rings. The van der Waals surface area contributed by atoms with E-state index in [9.17, 15) is 23.2 Å². The SMILES string of the molecule is CN1CC(NC(=O)C2CCCC2)CCCC(C(=O)NCc2cc(F)cc(F)c2)CC1=O. The highest BCUT2D eigenvalue weighted by molar-refractivity contribution is 5.86. The molecule has 2 fully saturated rings. The molecule has 1 aromatic carbocycles. The molecule has 2 N–H and O–H groups in total. The number of halogens is 2. The zero-order valence-electron chi connectivity index (χ0n) is 18.0. The lowest BCUT2D eigenvalue weighted by Gasteiger charge is -2.25. The van der Waals surface area contributed by atoms with E-state index in [1.807, 2.05) is 0 Å². The minimum atomic E-state index is -0.700. The molecule has 2 unspecified atom stereocenters. The molecule has 1 saturated heterocycles. The minimum absolute atomic E-state index is 0.00584. The number of carbonyl (C=O) groups is 3. The van der Waals surface area contributed by atoms with E-state index in [0.29, 0.717) is 31.4 Å². The van der Waals surface area contributed by atoms with Crippen molar-refractivity contribution < 1.29 is 23.2 Å². The van der Waals surface area contributed by atoms with E-state index in [0.717, 1.165) is 31.7 Å². The Morgan fingerprint density at radius 3 is 2.29 bits per heavy atom. The van der Waals surface area contributed by atoms with Gasteiger partial charge in [-0.05, 0) is 43.4 Å². The Bertz CT molecular complexity index is 791. The van der Waals surface area contributed by atoms with E-state index in [2.05, 4.69) is 10.6 Å². The van der Waals surface area contributed by atoms with Crippen molar-refractivity contribution in [1.29, 1.82) is 0 Å². The van der Waals surface area contributed by atoms with Gasteiger partial charge < -0.3 is 15.5 Å². The molecule has 0 aromatic heterocycles. The van der Waals surface area contributed by atoms with Crippen LogP contribution in [0.2, 0.25) is 0 Å². The van der Waals surface area contributed by atoms with Gasteiger partial charge in [-0.1, -0.05) is 19.3 Å². The first-order valence-electron chi connectivity index (χ1n) is 11.1. The summed E-state index contributed by atoms with van der Waals surface area (Å²) in [4.78, 5) is 39.4. The van der Waals surface area contributed by atoms with Crippen LogP contribution in [0.1, 0.15) is 56.9 Å². The van der Waals surface area contributed by atoms with Crippen LogP contribution in [-0.2, 0) is 20.9 Å². The van der Waals surface area contributed by atoms with Crippen LogP contribution in [0.25, 0.3) is 0 Å². The monoisotopic (exact) mass is 435 g/mol. The van der Waals surface area contributed by atoms with Gasteiger partial charge in [-0.3, -0.25) is 14.4 Å².